The zero-order valence-corrected chi connectivity index (χ0v) is 13.6. The van der Waals surface area contributed by atoms with Gasteiger partial charge in [-0.2, -0.15) is 0 Å². The number of benzene rings is 1. The number of hydrogen-bond acceptors (Lipinski definition) is 4. The Kier molecular flexibility index (Phi) is 4.83. The van der Waals surface area contributed by atoms with Crippen molar-refractivity contribution in [2.75, 3.05) is 13.1 Å². The highest BCUT2D eigenvalue weighted by molar-refractivity contribution is 6.12. The van der Waals surface area contributed by atoms with Crippen LogP contribution in [0, 0.1) is 0 Å². The molecule has 1 aromatic heterocycles. The van der Waals surface area contributed by atoms with E-state index in [9.17, 15) is 19.5 Å². The lowest BCUT2D eigenvalue weighted by Crippen LogP contribution is -2.32. The first kappa shape index (κ1) is 16.8. The predicted molar refractivity (Wildman–Crippen MR) is 91.8 cm³/mol. The van der Waals surface area contributed by atoms with Crippen molar-refractivity contribution in [1.29, 1.82) is 0 Å². The average molecular weight is 341 g/mol. The van der Waals surface area contributed by atoms with Crippen molar-refractivity contribution < 1.29 is 19.5 Å². The van der Waals surface area contributed by atoms with Crippen molar-refractivity contribution in [3.05, 3.63) is 42.1 Å². The summed E-state index contributed by atoms with van der Waals surface area (Å²) in [6.45, 7) is 0.727. The number of aromatic amines is 1. The minimum absolute atomic E-state index is 0.116. The SMILES string of the molecule is O=C(CCCN1C(=O)C=CC1=O)NCCc1c[nH]c2ccc(O)cc12. The molecule has 0 saturated carbocycles. The fourth-order valence-corrected chi connectivity index (χ4v) is 2.85. The quantitative estimate of drug-likeness (QED) is 0.659. The summed E-state index contributed by atoms with van der Waals surface area (Å²) < 4.78 is 0. The number of phenols is 1. The lowest BCUT2D eigenvalue weighted by Gasteiger charge is -2.13. The molecule has 25 heavy (non-hydrogen) atoms. The van der Waals surface area contributed by atoms with Crippen molar-refractivity contribution in [1.82, 2.24) is 15.2 Å². The summed E-state index contributed by atoms with van der Waals surface area (Å²) in [5, 5.41) is 13.3. The first-order valence-corrected chi connectivity index (χ1v) is 8.14. The summed E-state index contributed by atoms with van der Waals surface area (Å²) in [6.07, 6.45) is 5.68. The van der Waals surface area contributed by atoms with Crippen molar-refractivity contribution in [2.24, 2.45) is 0 Å². The van der Waals surface area contributed by atoms with Crippen LogP contribution in [0.1, 0.15) is 18.4 Å². The van der Waals surface area contributed by atoms with Crippen LogP contribution in [0.5, 0.6) is 5.75 Å². The van der Waals surface area contributed by atoms with Crippen molar-refractivity contribution >= 4 is 28.6 Å². The standard InChI is InChI=1S/C18H19N3O4/c22-13-3-4-15-14(10-13)12(11-20-15)7-8-19-16(23)2-1-9-21-17(24)5-6-18(21)25/h3-6,10-11,20,22H,1-2,7-9H2,(H,19,23). The Balaban J connectivity index is 1.41. The number of imide groups is 1. The predicted octanol–water partition coefficient (Wildman–Crippen LogP) is 1.24. The number of nitrogens with zero attached hydrogens (tertiary/aromatic N) is 1. The fraction of sp³-hybridized carbons (Fsp3) is 0.278. The van der Waals surface area contributed by atoms with Gasteiger partial charge in [0.1, 0.15) is 5.75 Å². The third-order valence-electron chi connectivity index (χ3n) is 4.15. The van der Waals surface area contributed by atoms with Crippen LogP contribution < -0.4 is 5.32 Å². The molecule has 2 heterocycles. The molecule has 0 saturated heterocycles. The molecule has 0 aliphatic carbocycles. The van der Waals surface area contributed by atoms with Crippen LogP contribution in [0.25, 0.3) is 10.9 Å². The first-order valence-electron chi connectivity index (χ1n) is 8.14. The normalized spacial score (nSPS) is 13.8. The number of rotatable bonds is 7. The maximum Gasteiger partial charge on any atom is 0.253 e. The molecule has 3 amide bonds. The van der Waals surface area contributed by atoms with E-state index in [0.29, 0.717) is 19.4 Å². The molecule has 3 N–H and O–H groups in total. The topological polar surface area (TPSA) is 103 Å². The van der Waals surface area contributed by atoms with E-state index in [1.165, 1.54) is 12.2 Å². The largest absolute Gasteiger partial charge is 0.508 e. The van der Waals surface area contributed by atoms with Gasteiger partial charge in [-0.1, -0.05) is 0 Å². The summed E-state index contributed by atoms with van der Waals surface area (Å²) in [5.74, 6) is -0.561. The molecule has 7 heteroatoms. The Morgan fingerprint density at radius 1 is 1.20 bits per heavy atom. The number of aromatic nitrogens is 1. The van der Waals surface area contributed by atoms with Crippen LogP contribution in [-0.2, 0) is 20.8 Å². The zero-order valence-electron chi connectivity index (χ0n) is 13.6. The molecule has 0 unspecified atom stereocenters. The smallest absolute Gasteiger partial charge is 0.253 e. The van der Waals surface area contributed by atoms with Gasteiger partial charge in [0.05, 0.1) is 0 Å². The Morgan fingerprint density at radius 2 is 1.96 bits per heavy atom. The second-order valence-electron chi connectivity index (χ2n) is 5.91. The first-order chi connectivity index (χ1) is 12.0. The fourth-order valence-electron chi connectivity index (χ4n) is 2.85. The van der Waals surface area contributed by atoms with E-state index in [1.54, 1.807) is 12.1 Å². The van der Waals surface area contributed by atoms with Gasteiger partial charge in [0.15, 0.2) is 0 Å². The summed E-state index contributed by atoms with van der Waals surface area (Å²) in [6, 6.07) is 5.12. The average Bonchev–Trinajstić information content (AvgIpc) is 3.12. The minimum Gasteiger partial charge on any atom is -0.508 e. The molecular weight excluding hydrogens is 322 g/mol. The van der Waals surface area contributed by atoms with E-state index in [0.717, 1.165) is 21.4 Å². The number of fused-ring (bicyclic) bond motifs is 1. The molecular formula is C18H19N3O4. The summed E-state index contributed by atoms with van der Waals surface area (Å²) in [4.78, 5) is 38.9. The molecule has 0 fully saturated rings. The van der Waals surface area contributed by atoms with Gasteiger partial charge in [0.25, 0.3) is 11.8 Å². The van der Waals surface area contributed by atoms with Gasteiger partial charge in [-0.25, -0.2) is 0 Å². The lowest BCUT2D eigenvalue weighted by molar-refractivity contribution is -0.137. The number of carbonyl (C=O) groups excluding carboxylic acids is 3. The number of nitrogens with one attached hydrogen (secondary N) is 2. The number of H-pyrrole nitrogens is 1. The van der Waals surface area contributed by atoms with Gasteiger partial charge >= 0.3 is 0 Å². The van der Waals surface area contributed by atoms with E-state index < -0.39 is 0 Å². The highest BCUT2D eigenvalue weighted by atomic mass is 16.3. The van der Waals surface area contributed by atoms with E-state index >= 15 is 0 Å². The van der Waals surface area contributed by atoms with Crippen LogP contribution in [0.3, 0.4) is 0 Å². The Labute approximate surface area is 144 Å². The Bertz CT molecular complexity index is 835. The number of hydrogen-bond donors (Lipinski definition) is 3. The third-order valence-corrected chi connectivity index (χ3v) is 4.15. The molecule has 7 nitrogen and oxygen atoms in total. The molecule has 130 valence electrons. The van der Waals surface area contributed by atoms with Gasteiger partial charge in [-0.3, -0.25) is 19.3 Å². The second-order valence-corrected chi connectivity index (χ2v) is 5.91. The Hall–Kier alpha value is -3.09. The highest BCUT2D eigenvalue weighted by Gasteiger charge is 2.22. The van der Waals surface area contributed by atoms with E-state index in [4.69, 9.17) is 0 Å². The monoisotopic (exact) mass is 341 g/mol. The van der Waals surface area contributed by atoms with Gasteiger partial charge in [-0.15, -0.1) is 0 Å². The van der Waals surface area contributed by atoms with Crippen LogP contribution in [0.2, 0.25) is 0 Å². The van der Waals surface area contributed by atoms with E-state index in [2.05, 4.69) is 10.3 Å². The maximum absolute atomic E-state index is 11.9. The molecule has 0 atom stereocenters. The molecule has 2 aromatic rings. The number of phenolic OH excluding ortho intramolecular Hbond substituents is 1. The lowest BCUT2D eigenvalue weighted by atomic mass is 10.1. The summed E-state index contributed by atoms with van der Waals surface area (Å²) >= 11 is 0. The maximum atomic E-state index is 11.9. The van der Waals surface area contributed by atoms with E-state index in [-0.39, 0.29) is 36.4 Å². The van der Waals surface area contributed by atoms with Crippen molar-refractivity contribution in [2.45, 2.75) is 19.3 Å². The third kappa shape index (κ3) is 3.88. The van der Waals surface area contributed by atoms with Gasteiger partial charge in [-0.05, 0) is 36.6 Å². The number of aromatic hydroxyl groups is 1. The highest BCUT2D eigenvalue weighted by Crippen LogP contribution is 2.23. The molecule has 3 rings (SSSR count). The number of amides is 3. The second kappa shape index (κ2) is 7.21. The zero-order chi connectivity index (χ0) is 17.8. The molecule has 1 aliphatic heterocycles. The van der Waals surface area contributed by atoms with Crippen LogP contribution >= 0.6 is 0 Å². The van der Waals surface area contributed by atoms with Crippen molar-refractivity contribution in [3.63, 3.8) is 0 Å². The van der Waals surface area contributed by atoms with Crippen molar-refractivity contribution in [3.8, 4) is 5.75 Å². The number of carbonyl (C=O) groups is 3. The van der Waals surface area contributed by atoms with Crippen LogP contribution in [0.4, 0.5) is 0 Å². The van der Waals surface area contributed by atoms with Crippen LogP contribution in [0.15, 0.2) is 36.5 Å². The summed E-state index contributed by atoms with van der Waals surface area (Å²) in [5.41, 5.74) is 1.96. The molecule has 1 aromatic carbocycles. The molecule has 0 bridgehead atoms. The molecule has 0 radical (unpaired) electrons. The molecule has 1 aliphatic rings. The van der Waals surface area contributed by atoms with Crippen LogP contribution in [-0.4, -0.2) is 45.8 Å². The Morgan fingerprint density at radius 3 is 2.72 bits per heavy atom. The molecule has 0 spiro atoms. The van der Waals surface area contributed by atoms with Gasteiger partial charge in [0.2, 0.25) is 5.91 Å². The summed E-state index contributed by atoms with van der Waals surface area (Å²) in [7, 11) is 0. The van der Waals surface area contributed by atoms with Gasteiger partial charge < -0.3 is 15.4 Å². The minimum atomic E-state index is -0.326. The van der Waals surface area contributed by atoms with E-state index in [1.807, 2.05) is 12.3 Å². The van der Waals surface area contributed by atoms with Gasteiger partial charge in [0, 0.05) is 48.8 Å².